The Morgan fingerprint density at radius 1 is 0.867 bits per heavy atom. The highest BCUT2D eigenvalue weighted by molar-refractivity contribution is 6.52. The monoisotopic (exact) mass is 195 g/mol. The van der Waals surface area contributed by atoms with Crippen LogP contribution in [0.3, 0.4) is 0 Å². The van der Waals surface area contributed by atoms with E-state index < -0.39 is 0 Å². The second-order valence-corrected chi connectivity index (χ2v) is 4.35. The van der Waals surface area contributed by atoms with Gasteiger partial charge in [-0.05, 0) is 6.92 Å². The lowest BCUT2D eigenvalue weighted by Gasteiger charge is -2.07. The van der Waals surface area contributed by atoms with E-state index in [1.165, 1.54) is 22.9 Å². The molecule has 2 rings (SSSR count). The van der Waals surface area contributed by atoms with Crippen molar-refractivity contribution < 1.29 is 0 Å². The molecular formula is C14H16B-. The second kappa shape index (κ2) is 4.83. The minimum atomic E-state index is 0.00311. The Morgan fingerprint density at radius 3 is 2.20 bits per heavy atom. The summed E-state index contributed by atoms with van der Waals surface area (Å²) in [6.45, 7) is 2.14. The summed E-state index contributed by atoms with van der Waals surface area (Å²) in [5, 5.41) is 0. The van der Waals surface area contributed by atoms with Gasteiger partial charge in [0, 0.05) is 7.28 Å². The van der Waals surface area contributed by atoms with E-state index in [2.05, 4.69) is 61.5 Å². The normalized spacial score (nSPS) is 10.2. The molecule has 0 N–H and O–H groups in total. The van der Waals surface area contributed by atoms with Crippen LogP contribution in [-0.2, 0) is 6.32 Å². The molecule has 2 aromatic carbocycles. The fourth-order valence-electron chi connectivity index (χ4n) is 2.00. The summed E-state index contributed by atoms with van der Waals surface area (Å²) >= 11 is 0. The minimum Gasteiger partial charge on any atom is -0.217 e. The molecule has 1 heteroatoms. The van der Waals surface area contributed by atoms with Gasteiger partial charge in [-0.2, -0.15) is 6.32 Å². The van der Waals surface area contributed by atoms with Gasteiger partial charge in [0.25, 0.3) is 0 Å². The molecule has 0 saturated carbocycles. The van der Waals surface area contributed by atoms with Gasteiger partial charge < -0.3 is 0 Å². The van der Waals surface area contributed by atoms with Crippen LogP contribution in [0.5, 0.6) is 0 Å². The van der Waals surface area contributed by atoms with Crippen LogP contribution >= 0.6 is 0 Å². The van der Waals surface area contributed by atoms with E-state index in [9.17, 15) is 0 Å². The van der Waals surface area contributed by atoms with Gasteiger partial charge in [-0.25, -0.2) is 5.46 Å². The van der Waals surface area contributed by atoms with Gasteiger partial charge in [0.05, 0.1) is 0 Å². The summed E-state index contributed by atoms with van der Waals surface area (Å²) in [7, 11) is 0.00311. The first-order chi connectivity index (χ1) is 7.34. The highest BCUT2D eigenvalue weighted by atomic mass is 13.9. The molecule has 2 aromatic rings. The van der Waals surface area contributed by atoms with Gasteiger partial charge in [-0.3, -0.25) is 0 Å². The van der Waals surface area contributed by atoms with Crippen LogP contribution in [0.1, 0.15) is 11.1 Å². The maximum Gasteiger partial charge on any atom is 0.000569 e. The van der Waals surface area contributed by atoms with Gasteiger partial charge >= 0.3 is 0 Å². The van der Waals surface area contributed by atoms with E-state index in [0.29, 0.717) is 0 Å². The zero-order chi connectivity index (χ0) is 10.5. The molecule has 0 aromatic heterocycles. The number of aryl methyl sites for hydroxylation is 1. The van der Waals surface area contributed by atoms with Crippen LogP contribution in [0.2, 0.25) is 0 Å². The molecule has 0 aliphatic carbocycles. The Kier molecular flexibility index (Phi) is 3.23. The summed E-state index contributed by atoms with van der Waals surface area (Å²) in [4.78, 5) is 0. The topological polar surface area (TPSA) is 0 Å². The fraction of sp³-hybridized carbons (Fsp3) is 0.143. The standard InChI is InChI=1S/C14H16B/c1-12-7-9-13(10-8-12)11-15-14-5-3-2-4-6-14/h2-10H,11,15H2,1H3/q-1. The number of hydrogen-bond donors (Lipinski definition) is 0. The third kappa shape index (κ3) is 2.98. The number of benzene rings is 2. The van der Waals surface area contributed by atoms with Crippen LogP contribution in [0.25, 0.3) is 0 Å². The number of rotatable bonds is 3. The predicted octanol–water partition coefficient (Wildman–Crippen LogP) is 1.99. The maximum absolute atomic E-state index is 2.25. The van der Waals surface area contributed by atoms with Crippen molar-refractivity contribution in [2.75, 3.05) is 0 Å². The zero-order valence-electron chi connectivity index (χ0n) is 9.40. The van der Waals surface area contributed by atoms with E-state index in [0.717, 1.165) is 0 Å². The lowest BCUT2D eigenvalue weighted by molar-refractivity contribution is 1.35. The molecule has 0 nitrogen and oxygen atoms in total. The first kappa shape index (κ1) is 10.0. The number of hydrogen-bond acceptors (Lipinski definition) is 0. The minimum absolute atomic E-state index is 0.00311. The summed E-state index contributed by atoms with van der Waals surface area (Å²) in [5.41, 5.74) is 4.36. The lowest BCUT2D eigenvalue weighted by atomic mass is 9.65. The maximum atomic E-state index is 2.25. The molecule has 0 fully saturated rings. The van der Waals surface area contributed by atoms with E-state index in [-0.39, 0.29) is 7.28 Å². The van der Waals surface area contributed by atoms with Gasteiger partial charge in [0.15, 0.2) is 0 Å². The van der Waals surface area contributed by atoms with Crippen molar-refractivity contribution in [3.8, 4) is 0 Å². The molecule has 76 valence electrons. The predicted molar refractivity (Wildman–Crippen MR) is 69.5 cm³/mol. The Balaban J connectivity index is 1.96. The molecule has 0 aliphatic rings. The van der Waals surface area contributed by atoms with Gasteiger partial charge in [-0.15, -0.1) is 0 Å². The Hall–Kier alpha value is -1.50. The summed E-state index contributed by atoms with van der Waals surface area (Å²) in [6, 6.07) is 19.7. The van der Waals surface area contributed by atoms with Crippen LogP contribution in [-0.4, -0.2) is 7.28 Å². The zero-order valence-corrected chi connectivity index (χ0v) is 9.40. The molecular weight excluding hydrogens is 179 g/mol. The molecule has 0 bridgehead atoms. The second-order valence-electron chi connectivity index (χ2n) is 4.35. The highest BCUT2D eigenvalue weighted by Crippen LogP contribution is 2.02. The van der Waals surface area contributed by atoms with Crippen LogP contribution in [0.15, 0.2) is 54.6 Å². The van der Waals surface area contributed by atoms with Gasteiger partial charge in [0.2, 0.25) is 0 Å². The Morgan fingerprint density at radius 2 is 1.53 bits per heavy atom. The van der Waals surface area contributed by atoms with Crippen molar-refractivity contribution in [3.63, 3.8) is 0 Å². The molecule has 0 unspecified atom stereocenters. The molecule has 0 amide bonds. The lowest BCUT2D eigenvalue weighted by Crippen LogP contribution is -2.15. The molecule has 0 radical (unpaired) electrons. The van der Waals surface area contributed by atoms with E-state index >= 15 is 0 Å². The largest absolute Gasteiger partial charge is 0.217 e. The smallest absolute Gasteiger partial charge is 0.000569 e. The summed E-state index contributed by atoms with van der Waals surface area (Å²) < 4.78 is 0. The molecule has 0 aliphatic heterocycles. The van der Waals surface area contributed by atoms with Crippen LogP contribution in [0.4, 0.5) is 0 Å². The average molecular weight is 195 g/mol. The summed E-state index contributed by atoms with van der Waals surface area (Å²) in [6.07, 6.45) is 1.25. The average Bonchev–Trinajstić information content (AvgIpc) is 2.30. The molecule has 15 heavy (non-hydrogen) atoms. The quantitative estimate of drug-likeness (QED) is 0.657. The summed E-state index contributed by atoms with van der Waals surface area (Å²) in [5.74, 6) is 0. The third-order valence-electron chi connectivity index (χ3n) is 3.05. The molecule has 0 heterocycles. The first-order valence-corrected chi connectivity index (χ1v) is 5.79. The van der Waals surface area contributed by atoms with Crippen LogP contribution < -0.4 is 5.46 Å². The van der Waals surface area contributed by atoms with Gasteiger partial charge in [0.1, 0.15) is 0 Å². The van der Waals surface area contributed by atoms with Crippen molar-refractivity contribution in [3.05, 3.63) is 65.7 Å². The van der Waals surface area contributed by atoms with Crippen LogP contribution in [0, 0.1) is 6.92 Å². The molecule has 0 saturated heterocycles. The van der Waals surface area contributed by atoms with E-state index in [1.807, 2.05) is 0 Å². The van der Waals surface area contributed by atoms with E-state index in [4.69, 9.17) is 0 Å². The van der Waals surface area contributed by atoms with Gasteiger partial charge in [-0.1, -0.05) is 65.7 Å². The van der Waals surface area contributed by atoms with Crippen molar-refractivity contribution >= 4 is 12.7 Å². The van der Waals surface area contributed by atoms with Crippen molar-refractivity contribution in [1.82, 2.24) is 0 Å². The third-order valence-corrected chi connectivity index (χ3v) is 3.05. The molecule has 0 atom stereocenters. The Bertz CT molecular complexity index is 403. The van der Waals surface area contributed by atoms with Crippen molar-refractivity contribution in [1.29, 1.82) is 0 Å². The van der Waals surface area contributed by atoms with Crippen molar-refractivity contribution in [2.24, 2.45) is 0 Å². The highest BCUT2D eigenvalue weighted by Gasteiger charge is 1.89. The SMILES string of the molecule is Cc1ccc(C[BH2-]c2ccccc2)cc1. The first-order valence-electron chi connectivity index (χ1n) is 5.79. The Labute approximate surface area is 92.2 Å². The fourth-order valence-corrected chi connectivity index (χ4v) is 2.00. The van der Waals surface area contributed by atoms with Crippen molar-refractivity contribution in [2.45, 2.75) is 13.2 Å². The molecule has 0 spiro atoms. The van der Waals surface area contributed by atoms with E-state index in [1.54, 1.807) is 0 Å².